The molecule has 180 valence electrons. The number of aromatic nitrogens is 3. The Morgan fingerprint density at radius 2 is 1.91 bits per heavy atom. The van der Waals surface area contributed by atoms with E-state index in [1.54, 1.807) is 10.9 Å². The van der Waals surface area contributed by atoms with E-state index in [0.717, 1.165) is 40.6 Å². The zero-order chi connectivity index (χ0) is 24.6. The van der Waals surface area contributed by atoms with Crippen LogP contribution in [-0.4, -0.2) is 42.4 Å². The first-order valence-corrected chi connectivity index (χ1v) is 14.8. The largest absolute Gasteiger partial charge is 0.464 e. The summed E-state index contributed by atoms with van der Waals surface area (Å²) in [7, 11) is 1.50. The second-order valence-electron chi connectivity index (χ2n) is 9.93. The average Bonchev–Trinajstić information content (AvgIpc) is 3.30. The van der Waals surface area contributed by atoms with Crippen LogP contribution in [0.5, 0.6) is 0 Å². The summed E-state index contributed by atoms with van der Waals surface area (Å²) in [6.45, 7) is 14.6. The van der Waals surface area contributed by atoms with Crippen LogP contribution in [0.3, 0.4) is 0 Å². The maximum Gasteiger partial charge on any atom is 0.354 e. The maximum absolute atomic E-state index is 12.9. The SMILES string of the molecule is CCn1c(C(=O)OC)c(CCCO[Si](C)(C)C(C)(C)C)c2ccc(Cl)c(-c3ccnn3C)c21. The Labute approximate surface area is 203 Å². The Hall–Kier alpha value is -2.09. The molecule has 0 spiro atoms. The van der Waals surface area contributed by atoms with Gasteiger partial charge in [0, 0.05) is 37.3 Å². The predicted molar refractivity (Wildman–Crippen MR) is 138 cm³/mol. The van der Waals surface area contributed by atoms with Crippen molar-refractivity contribution >= 4 is 36.8 Å². The summed E-state index contributed by atoms with van der Waals surface area (Å²) in [5.74, 6) is -0.333. The molecule has 6 nitrogen and oxygen atoms in total. The highest BCUT2D eigenvalue weighted by molar-refractivity contribution is 6.74. The van der Waals surface area contributed by atoms with Gasteiger partial charge in [-0.2, -0.15) is 5.10 Å². The van der Waals surface area contributed by atoms with Crippen molar-refractivity contribution in [1.82, 2.24) is 14.3 Å². The van der Waals surface area contributed by atoms with Gasteiger partial charge in [0.2, 0.25) is 0 Å². The van der Waals surface area contributed by atoms with E-state index in [9.17, 15) is 4.79 Å². The molecule has 0 aliphatic carbocycles. The van der Waals surface area contributed by atoms with Crippen LogP contribution in [0, 0.1) is 0 Å². The average molecular weight is 490 g/mol. The number of aryl methyl sites for hydroxylation is 3. The molecule has 0 radical (unpaired) electrons. The third kappa shape index (κ3) is 4.77. The van der Waals surface area contributed by atoms with Crippen LogP contribution in [0.2, 0.25) is 23.2 Å². The lowest BCUT2D eigenvalue weighted by atomic mass is 10.0. The molecule has 3 aromatic rings. The summed E-state index contributed by atoms with van der Waals surface area (Å²) in [4.78, 5) is 12.9. The molecule has 0 fully saturated rings. The number of rotatable bonds is 8. The third-order valence-corrected chi connectivity index (χ3v) is 11.7. The lowest BCUT2D eigenvalue weighted by Gasteiger charge is -2.36. The molecule has 33 heavy (non-hydrogen) atoms. The van der Waals surface area contributed by atoms with E-state index >= 15 is 0 Å². The van der Waals surface area contributed by atoms with Crippen molar-refractivity contribution in [2.75, 3.05) is 13.7 Å². The molecule has 0 saturated heterocycles. The van der Waals surface area contributed by atoms with Gasteiger partial charge < -0.3 is 13.7 Å². The Kier molecular flexibility index (Phi) is 7.46. The van der Waals surface area contributed by atoms with Gasteiger partial charge >= 0.3 is 5.97 Å². The zero-order valence-electron chi connectivity index (χ0n) is 21.1. The van der Waals surface area contributed by atoms with Crippen LogP contribution in [0.25, 0.3) is 22.2 Å². The van der Waals surface area contributed by atoms with Gasteiger partial charge in [0.05, 0.1) is 23.3 Å². The van der Waals surface area contributed by atoms with Gasteiger partial charge in [0.1, 0.15) is 5.69 Å². The predicted octanol–water partition coefficient (Wildman–Crippen LogP) is 6.46. The Morgan fingerprint density at radius 1 is 1.21 bits per heavy atom. The summed E-state index contributed by atoms with van der Waals surface area (Å²) in [6, 6.07) is 5.86. The molecule has 2 heterocycles. The van der Waals surface area contributed by atoms with Gasteiger partial charge in [-0.05, 0) is 55.6 Å². The fraction of sp³-hybridized carbons (Fsp3) is 0.520. The number of hydrogen-bond donors (Lipinski definition) is 0. The number of fused-ring (bicyclic) bond motifs is 1. The topological polar surface area (TPSA) is 58.3 Å². The lowest BCUT2D eigenvalue weighted by Crippen LogP contribution is -2.41. The van der Waals surface area contributed by atoms with Crippen molar-refractivity contribution in [2.45, 2.75) is 65.2 Å². The van der Waals surface area contributed by atoms with Gasteiger partial charge in [-0.3, -0.25) is 4.68 Å². The number of carbonyl (C=O) groups excluding carboxylic acids is 1. The number of methoxy groups -OCH3 is 1. The minimum atomic E-state index is -1.82. The standard InChI is InChI=1S/C25H36ClN3O3Si/c1-9-29-22-18(12-13-19(26)21(22)20-14-15-27-28(20)5)17(23(29)24(30)31-6)11-10-16-32-33(7,8)25(2,3)4/h12-15H,9-11,16H2,1-8H3. The van der Waals surface area contributed by atoms with Crippen molar-refractivity contribution in [3.63, 3.8) is 0 Å². The van der Waals surface area contributed by atoms with Crippen LogP contribution in [-0.2, 0) is 29.2 Å². The number of carbonyl (C=O) groups is 1. The monoisotopic (exact) mass is 489 g/mol. The number of esters is 1. The second kappa shape index (κ2) is 9.64. The van der Waals surface area contributed by atoms with Gasteiger partial charge in [-0.15, -0.1) is 0 Å². The highest BCUT2D eigenvalue weighted by Crippen LogP contribution is 2.40. The fourth-order valence-corrected chi connectivity index (χ4v) is 5.38. The van der Waals surface area contributed by atoms with Crippen LogP contribution in [0.1, 0.15) is 50.2 Å². The van der Waals surface area contributed by atoms with E-state index < -0.39 is 8.32 Å². The number of ether oxygens (including phenoxy) is 1. The normalized spacial score (nSPS) is 12.5. The molecule has 0 aliphatic rings. The molecule has 0 saturated carbocycles. The first-order valence-electron chi connectivity index (χ1n) is 11.5. The van der Waals surface area contributed by atoms with Gasteiger partial charge in [-0.1, -0.05) is 38.4 Å². The molecule has 0 N–H and O–H groups in total. The number of hydrogen-bond acceptors (Lipinski definition) is 4. The summed E-state index contributed by atoms with van der Waals surface area (Å²) in [6.07, 6.45) is 3.29. The minimum absolute atomic E-state index is 0.164. The summed E-state index contributed by atoms with van der Waals surface area (Å²) >= 11 is 6.70. The van der Waals surface area contributed by atoms with E-state index in [0.29, 0.717) is 23.9 Å². The van der Waals surface area contributed by atoms with Crippen molar-refractivity contribution in [3.8, 4) is 11.3 Å². The highest BCUT2D eigenvalue weighted by Gasteiger charge is 2.37. The van der Waals surface area contributed by atoms with E-state index in [-0.39, 0.29) is 11.0 Å². The number of halogens is 1. The van der Waals surface area contributed by atoms with Crippen LogP contribution in [0.4, 0.5) is 0 Å². The molecule has 0 atom stereocenters. The van der Waals surface area contributed by atoms with Crippen molar-refractivity contribution in [2.24, 2.45) is 7.05 Å². The van der Waals surface area contributed by atoms with E-state index in [4.69, 9.17) is 20.8 Å². The minimum Gasteiger partial charge on any atom is -0.464 e. The Bertz CT molecular complexity index is 1160. The van der Waals surface area contributed by atoms with Crippen LogP contribution < -0.4 is 0 Å². The molecular formula is C25H36ClN3O3Si. The smallest absolute Gasteiger partial charge is 0.354 e. The Morgan fingerprint density at radius 3 is 2.45 bits per heavy atom. The zero-order valence-corrected chi connectivity index (χ0v) is 22.8. The molecule has 1 aromatic carbocycles. The number of nitrogens with zero attached hydrogens (tertiary/aromatic N) is 3. The molecule has 0 amide bonds. The van der Waals surface area contributed by atoms with Crippen molar-refractivity contribution in [1.29, 1.82) is 0 Å². The Balaban J connectivity index is 2.09. The van der Waals surface area contributed by atoms with Crippen molar-refractivity contribution < 1.29 is 14.0 Å². The number of benzene rings is 1. The first kappa shape index (κ1) is 25.5. The van der Waals surface area contributed by atoms with Crippen molar-refractivity contribution in [3.05, 3.63) is 40.7 Å². The molecule has 0 aliphatic heterocycles. The summed E-state index contributed by atoms with van der Waals surface area (Å²) < 4.78 is 15.4. The lowest BCUT2D eigenvalue weighted by molar-refractivity contribution is 0.0587. The molecular weight excluding hydrogens is 454 g/mol. The van der Waals surface area contributed by atoms with Crippen LogP contribution >= 0.6 is 11.6 Å². The molecule has 3 rings (SSSR count). The van der Waals surface area contributed by atoms with Gasteiger partial charge in [-0.25, -0.2) is 4.79 Å². The fourth-order valence-electron chi connectivity index (χ4n) is 4.05. The summed E-state index contributed by atoms with van der Waals surface area (Å²) in [5.41, 5.74) is 4.30. The first-order chi connectivity index (χ1) is 15.4. The van der Waals surface area contributed by atoms with E-state index in [1.807, 2.05) is 36.7 Å². The maximum atomic E-state index is 12.9. The quantitative estimate of drug-likeness (QED) is 0.207. The second-order valence-corrected chi connectivity index (χ2v) is 15.2. The van der Waals surface area contributed by atoms with E-state index in [2.05, 4.69) is 39.0 Å². The molecule has 0 bridgehead atoms. The van der Waals surface area contributed by atoms with E-state index in [1.165, 1.54) is 7.11 Å². The third-order valence-electron chi connectivity index (χ3n) is 6.89. The molecule has 2 aromatic heterocycles. The summed E-state index contributed by atoms with van der Waals surface area (Å²) in [5, 5.41) is 6.13. The molecule has 8 heteroatoms. The highest BCUT2D eigenvalue weighted by atomic mass is 35.5. The molecule has 0 unspecified atom stereocenters. The van der Waals surface area contributed by atoms with Gasteiger partial charge in [0.25, 0.3) is 0 Å². The van der Waals surface area contributed by atoms with Gasteiger partial charge in [0.15, 0.2) is 8.32 Å². The van der Waals surface area contributed by atoms with Crippen LogP contribution in [0.15, 0.2) is 24.4 Å².